The zero-order chi connectivity index (χ0) is 10.4. The first-order valence-corrected chi connectivity index (χ1v) is 5.54. The van der Waals surface area contributed by atoms with Gasteiger partial charge in [0, 0.05) is 0 Å². The van der Waals surface area contributed by atoms with Crippen molar-refractivity contribution in [2.24, 2.45) is 0 Å². The molecule has 0 saturated heterocycles. The molecule has 0 bridgehead atoms. The highest BCUT2D eigenvalue weighted by molar-refractivity contribution is 7.99. The van der Waals surface area contributed by atoms with E-state index in [1.165, 1.54) is 11.8 Å². The minimum absolute atomic E-state index is 0.334. The van der Waals surface area contributed by atoms with Gasteiger partial charge in [0.25, 0.3) is 5.56 Å². The Kier molecular flexibility index (Phi) is 4.45. The van der Waals surface area contributed by atoms with Gasteiger partial charge in [0.2, 0.25) is 0 Å². The van der Waals surface area contributed by atoms with Gasteiger partial charge in [-0.3, -0.25) is 9.78 Å². The number of H-pyrrole nitrogens is 2. The van der Waals surface area contributed by atoms with Crippen LogP contribution < -0.4 is 11.2 Å². The molecular formula is C8H13N3O2S. The van der Waals surface area contributed by atoms with Crippen molar-refractivity contribution in [1.82, 2.24) is 15.2 Å². The lowest BCUT2D eigenvalue weighted by Gasteiger charge is -1.97. The van der Waals surface area contributed by atoms with Gasteiger partial charge in [-0.1, -0.05) is 31.5 Å². The molecule has 0 amide bonds. The van der Waals surface area contributed by atoms with Gasteiger partial charge in [-0.15, -0.1) is 0 Å². The molecule has 0 atom stereocenters. The summed E-state index contributed by atoms with van der Waals surface area (Å²) in [7, 11) is 0. The highest BCUT2D eigenvalue weighted by Gasteiger charge is 2.01. The Morgan fingerprint density at radius 2 is 2.14 bits per heavy atom. The Morgan fingerprint density at radius 1 is 1.36 bits per heavy atom. The minimum atomic E-state index is -0.562. The maximum absolute atomic E-state index is 11.1. The molecule has 0 spiro atoms. The van der Waals surface area contributed by atoms with E-state index in [-0.39, 0.29) is 0 Å². The standard InChI is InChI=1S/C8H13N3O2S/c1-2-3-4-5-14-7-6(12)9-8(13)11-10-7/h2-5H2,1H3,(H2,9,11,12,13). The van der Waals surface area contributed by atoms with E-state index in [1.54, 1.807) is 0 Å². The normalized spacial score (nSPS) is 10.4. The van der Waals surface area contributed by atoms with Crippen LogP contribution >= 0.6 is 11.8 Å². The molecule has 0 aromatic carbocycles. The van der Waals surface area contributed by atoms with Crippen molar-refractivity contribution in [3.8, 4) is 0 Å². The third-order valence-corrected chi connectivity index (χ3v) is 2.71. The van der Waals surface area contributed by atoms with Crippen molar-refractivity contribution in [2.75, 3.05) is 5.75 Å². The van der Waals surface area contributed by atoms with E-state index in [2.05, 4.69) is 22.1 Å². The highest BCUT2D eigenvalue weighted by atomic mass is 32.2. The third kappa shape index (κ3) is 3.37. The molecule has 0 unspecified atom stereocenters. The number of rotatable bonds is 5. The van der Waals surface area contributed by atoms with Crippen LogP contribution in [0.5, 0.6) is 0 Å². The summed E-state index contributed by atoms with van der Waals surface area (Å²) in [4.78, 5) is 23.9. The van der Waals surface area contributed by atoms with E-state index in [9.17, 15) is 9.59 Å². The number of hydrogen-bond donors (Lipinski definition) is 2. The van der Waals surface area contributed by atoms with Crippen molar-refractivity contribution < 1.29 is 0 Å². The van der Waals surface area contributed by atoms with Crippen LogP contribution in [0.15, 0.2) is 14.6 Å². The van der Waals surface area contributed by atoms with E-state index < -0.39 is 11.2 Å². The fourth-order valence-electron chi connectivity index (χ4n) is 0.956. The van der Waals surface area contributed by atoms with E-state index in [4.69, 9.17) is 0 Å². The molecule has 14 heavy (non-hydrogen) atoms. The monoisotopic (exact) mass is 215 g/mol. The van der Waals surface area contributed by atoms with Crippen LogP contribution in [0.4, 0.5) is 0 Å². The van der Waals surface area contributed by atoms with E-state index in [1.807, 2.05) is 0 Å². The van der Waals surface area contributed by atoms with Gasteiger partial charge in [-0.25, -0.2) is 9.89 Å². The summed E-state index contributed by atoms with van der Waals surface area (Å²) in [6.07, 6.45) is 3.35. The number of unbranched alkanes of at least 4 members (excludes halogenated alkanes) is 2. The summed E-state index contributed by atoms with van der Waals surface area (Å²) < 4.78 is 0. The van der Waals surface area contributed by atoms with Gasteiger partial charge in [-0.05, 0) is 12.2 Å². The first-order valence-electron chi connectivity index (χ1n) is 4.56. The zero-order valence-electron chi connectivity index (χ0n) is 8.00. The van der Waals surface area contributed by atoms with Crippen LogP contribution in [0.2, 0.25) is 0 Å². The largest absolute Gasteiger partial charge is 0.342 e. The fraction of sp³-hybridized carbons (Fsp3) is 0.625. The average molecular weight is 215 g/mol. The first kappa shape index (κ1) is 11.0. The van der Waals surface area contributed by atoms with E-state index >= 15 is 0 Å². The summed E-state index contributed by atoms with van der Waals surface area (Å²) in [5.41, 5.74) is -0.969. The van der Waals surface area contributed by atoms with Gasteiger partial charge in [-0.2, -0.15) is 5.10 Å². The number of thioether (sulfide) groups is 1. The molecule has 6 heteroatoms. The van der Waals surface area contributed by atoms with Crippen molar-refractivity contribution in [2.45, 2.75) is 31.2 Å². The van der Waals surface area contributed by atoms with Crippen molar-refractivity contribution in [1.29, 1.82) is 0 Å². The lowest BCUT2D eigenvalue weighted by Crippen LogP contribution is -2.25. The van der Waals surface area contributed by atoms with Gasteiger partial charge in [0.05, 0.1) is 0 Å². The van der Waals surface area contributed by atoms with E-state index in [0.29, 0.717) is 5.03 Å². The molecule has 78 valence electrons. The lowest BCUT2D eigenvalue weighted by atomic mass is 10.3. The molecule has 1 aromatic heterocycles. The predicted molar refractivity (Wildman–Crippen MR) is 55.7 cm³/mol. The molecular weight excluding hydrogens is 202 g/mol. The summed E-state index contributed by atoms with van der Waals surface area (Å²) in [5, 5.41) is 6.19. The second kappa shape index (κ2) is 5.64. The summed E-state index contributed by atoms with van der Waals surface area (Å²) in [5.74, 6) is 0.857. The Morgan fingerprint density at radius 3 is 2.79 bits per heavy atom. The predicted octanol–water partition coefficient (Wildman–Crippen LogP) is 0.740. The number of aromatic amines is 2. The Bertz CT molecular complexity index is 385. The van der Waals surface area contributed by atoms with Crippen LogP contribution in [0.1, 0.15) is 26.2 Å². The Labute approximate surface area is 85.3 Å². The van der Waals surface area contributed by atoms with E-state index in [0.717, 1.165) is 25.0 Å². The first-order chi connectivity index (χ1) is 6.74. The molecule has 0 aliphatic heterocycles. The van der Waals surface area contributed by atoms with Crippen molar-refractivity contribution in [3.05, 3.63) is 20.8 Å². The topological polar surface area (TPSA) is 78.6 Å². The summed E-state index contributed by atoms with van der Waals surface area (Å²) in [6.45, 7) is 2.12. The smallest absolute Gasteiger partial charge is 0.271 e. The van der Waals surface area contributed by atoms with Crippen LogP contribution in [-0.4, -0.2) is 20.9 Å². The molecule has 5 nitrogen and oxygen atoms in total. The maximum atomic E-state index is 11.1. The van der Waals surface area contributed by atoms with Crippen LogP contribution in [0.25, 0.3) is 0 Å². The van der Waals surface area contributed by atoms with Crippen molar-refractivity contribution in [3.63, 3.8) is 0 Å². The average Bonchev–Trinajstić information content (AvgIpc) is 2.15. The van der Waals surface area contributed by atoms with Gasteiger partial charge < -0.3 is 0 Å². The molecule has 1 heterocycles. The quantitative estimate of drug-likeness (QED) is 0.561. The number of hydrogen-bond acceptors (Lipinski definition) is 4. The molecule has 0 aliphatic rings. The lowest BCUT2D eigenvalue weighted by molar-refractivity contribution is 0.772. The molecule has 0 saturated carbocycles. The van der Waals surface area contributed by atoms with Crippen LogP contribution in [0, 0.1) is 0 Å². The SMILES string of the molecule is CCCCCSc1n[nH]c(=O)[nH]c1=O. The number of nitrogens with zero attached hydrogens (tertiary/aromatic N) is 1. The van der Waals surface area contributed by atoms with Crippen LogP contribution in [0.3, 0.4) is 0 Å². The number of aromatic nitrogens is 3. The van der Waals surface area contributed by atoms with Gasteiger partial charge in [0.1, 0.15) is 0 Å². The van der Waals surface area contributed by atoms with Crippen molar-refractivity contribution >= 4 is 11.8 Å². The Hall–Kier alpha value is -1.04. The maximum Gasteiger partial charge on any atom is 0.342 e. The van der Waals surface area contributed by atoms with Gasteiger partial charge >= 0.3 is 5.69 Å². The number of nitrogens with one attached hydrogen (secondary N) is 2. The molecule has 2 N–H and O–H groups in total. The highest BCUT2D eigenvalue weighted by Crippen LogP contribution is 2.11. The molecule has 0 aliphatic carbocycles. The third-order valence-electron chi connectivity index (χ3n) is 1.67. The molecule has 0 radical (unpaired) electrons. The fourth-order valence-corrected chi connectivity index (χ4v) is 1.79. The second-order valence-corrected chi connectivity index (χ2v) is 3.95. The molecule has 1 rings (SSSR count). The van der Waals surface area contributed by atoms with Crippen LogP contribution in [-0.2, 0) is 0 Å². The second-order valence-electron chi connectivity index (χ2n) is 2.87. The Balaban J connectivity index is 2.51. The summed E-state index contributed by atoms with van der Waals surface area (Å²) in [6, 6.07) is 0. The molecule has 1 aromatic rings. The summed E-state index contributed by atoms with van der Waals surface area (Å²) >= 11 is 1.37. The minimum Gasteiger partial charge on any atom is -0.271 e. The molecule has 0 fully saturated rings. The van der Waals surface area contributed by atoms with Gasteiger partial charge in [0.15, 0.2) is 5.03 Å². The zero-order valence-corrected chi connectivity index (χ0v) is 8.82.